The molecule has 0 aromatic heterocycles. The third kappa shape index (κ3) is 2.67. The molecule has 0 saturated carbocycles. The Morgan fingerprint density at radius 2 is 1.72 bits per heavy atom. The summed E-state index contributed by atoms with van der Waals surface area (Å²) in [6.45, 7) is 9.51. The lowest BCUT2D eigenvalue weighted by Gasteiger charge is -2.39. The molecule has 3 aliphatic rings. The molecule has 0 amide bonds. The van der Waals surface area contributed by atoms with E-state index in [9.17, 15) is 0 Å². The van der Waals surface area contributed by atoms with Crippen molar-refractivity contribution >= 4 is 17.2 Å². The largest absolute Gasteiger partial charge is 0.388 e. The fourth-order valence-electron chi connectivity index (χ4n) is 5.73. The van der Waals surface area contributed by atoms with Crippen molar-refractivity contribution in [3.05, 3.63) is 75.8 Å². The van der Waals surface area contributed by atoms with Gasteiger partial charge < -0.3 is 5.32 Å². The van der Waals surface area contributed by atoms with Crippen molar-refractivity contribution < 1.29 is 0 Å². The first-order valence-corrected chi connectivity index (χ1v) is 11.0. The Morgan fingerprint density at radius 1 is 0.931 bits per heavy atom. The molecule has 2 atom stereocenters. The van der Waals surface area contributed by atoms with Crippen LogP contribution in [0.4, 0.5) is 0 Å². The minimum absolute atomic E-state index is 0.0689. The standard InChI is InChI=1S/C28H31N/c1-17-10-13-25(29-5)22(15-17)20-12-11-19-14-18(2)16-24-26(19)27(20)21-8-6-7-9-23(21)28(24,3)4/h6-14,17-18,29H,15-16H2,1-5H3. The zero-order chi connectivity index (χ0) is 20.3. The molecule has 0 fully saturated rings. The van der Waals surface area contributed by atoms with Crippen LogP contribution in [-0.4, -0.2) is 7.05 Å². The topological polar surface area (TPSA) is 12.0 Å². The van der Waals surface area contributed by atoms with Crippen LogP contribution in [0.15, 0.2) is 54.2 Å². The first kappa shape index (κ1) is 18.5. The van der Waals surface area contributed by atoms with Crippen molar-refractivity contribution in [1.82, 2.24) is 5.32 Å². The predicted molar refractivity (Wildman–Crippen MR) is 125 cm³/mol. The summed E-state index contributed by atoms with van der Waals surface area (Å²) in [7, 11) is 2.05. The van der Waals surface area contributed by atoms with Crippen LogP contribution < -0.4 is 15.8 Å². The van der Waals surface area contributed by atoms with E-state index in [-0.39, 0.29) is 5.41 Å². The highest BCUT2D eigenvalue weighted by Gasteiger charge is 2.36. The van der Waals surface area contributed by atoms with E-state index in [2.05, 4.69) is 87.6 Å². The number of nitrogens with one attached hydrogen (secondary N) is 1. The first-order valence-electron chi connectivity index (χ1n) is 11.0. The van der Waals surface area contributed by atoms with E-state index in [1.54, 1.807) is 5.57 Å². The van der Waals surface area contributed by atoms with E-state index in [1.165, 1.54) is 44.0 Å². The van der Waals surface area contributed by atoms with Crippen LogP contribution in [0.1, 0.15) is 51.7 Å². The summed E-state index contributed by atoms with van der Waals surface area (Å²) in [6, 6.07) is 13.9. The lowest BCUT2D eigenvalue weighted by molar-refractivity contribution is 0.623. The van der Waals surface area contributed by atoms with E-state index >= 15 is 0 Å². The molecular formula is C28H31N. The van der Waals surface area contributed by atoms with Crippen molar-refractivity contribution in [3.8, 4) is 11.1 Å². The molecule has 0 spiro atoms. The summed E-state index contributed by atoms with van der Waals surface area (Å²) in [6.07, 6.45) is 9.31. The Hall–Kier alpha value is -2.54. The van der Waals surface area contributed by atoms with E-state index in [0.717, 1.165) is 12.8 Å². The molecule has 0 bridgehead atoms. The van der Waals surface area contributed by atoms with Gasteiger partial charge in [-0.25, -0.2) is 0 Å². The summed E-state index contributed by atoms with van der Waals surface area (Å²) in [5.74, 6) is 1.15. The molecule has 1 N–H and O–H groups in total. The van der Waals surface area contributed by atoms with Crippen molar-refractivity contribution in [2.24, 2.45) is 11.8 Å². The minimum atomic E-state index is 0.0689. The lowest BCUT2D eigenvalue weighted by atomic mass is 9.65. The van der Waals surface area contributed by atoms with Crippen LogP contribution in [0.5, 0.6) is 0 Å². The summed E-state index contributed by atoms with van der Waals surface area (Å²) in [5, 5.41) is 6.39. The van der Waals surface area contributed by atoms with Gasteiger partial charge in [-0.05, 0) is 69.0 Å². The average Bonchev–Trinajstić information content (AvgIpc) is 2.71. The summed E-state index contributed by atoms with van der Waals surface area (Å²) in [5.41, 5.74) is 10.2. The molecule has 5 rings (SSSR count). The molecule has 0 radical (unpaired) electrons. The molecule has 148 valence electrons. The van der Waals surface area contributed by atoms with Crippen LogP contribution in [0.2, 0.25) is 0 Å². The Balaban J connectivity index is 1.95. The molecule has 2 aromatic carbocycles. The maximum Gasteiger partial charge on any atom is 0.0373 e. The molecule has 1 nitrogen and oxygen atoms in total. The van der Waals surface area contributed by atoms with Crippen LogP contribution in [0.3, 0.4) is 0 Å². The molecule has 29 heavy (non-hydrogen) atoms. The number of allylic oxidation sites excluding steroid dienone is 3. The van der Waals surface area contributed by atoms with E-state index in [1.807, 2.05) is 7.05 Å². The van der Waals surface area contributed by atoms with Crippen LogP contribution >= 0.6 is 0 Å². The molecule has 2 aromatic rings. The average molecular weight is 382 g/mol. The molecule has 0 saturated heterocycles. The van der Waals surface area contributed by atoms with E-state index in [0.29, 0.717) is 11.8 Å². The second-order valence-electron chi connectivity index (χ2n) is 9.63. The number of hydrogen-bond donors (Lipinski definition) is 1. The fraction of sp³-hybridized carbons (Fsp3) is 0.357. The maximum absolute atomic E-state index is 3.46. The smallest absolute Gasteiger partial charge is 0.0373 e. The molecule has 2 unspecified atom stereocenters. The maximum atomic E-state index is 3.46. The Labute approximate surface area is 174 Å². The van der Waals surface area contributed by atoms with Crippen LogP contribution in [-0.2, 0) is 5.41 Å². The monoisotopic (exact) mass is 381 g/mol. The third-order valence-corrected chi connectivity index (χ3v) is 7.19. The second kappa shape index (κ2) is 6.49. The van der Waals surface area contributed by atoms with Gasteiger partial charge in [0.1, 0.15) is 0 Å². The molecule has 0 heterocycles. The lowest BCUT2D eigenvalue weighted by Crippen LogP contribution is -2.43. The van der Waals surface area contributed by atoms with Gasteiger partial charge in [0.15, 0.2) is 0 Å². The molecule has 3 aliphatic carbocycles. The number of fused-ring (bicyclic) bond motifs is 2. The van der Waals surface area contributed by atoms with Crippen molar-refractivity contribution in [2.45, 2.75) is 46.0 Å². The van der Waals surface area contributed by atoms with Gasteiger partial charge in [0.25, 0.3) is 0 Å². The molecule has 1 heteroatoms. The SMILES string of the molecule is CNC1=C(c2ccc3c4c2-c2ccccc2C(C)(C)C=4CC(C)C=3)CC(C)C=C1. The number of benzene rings is 2. The summed E-state index contributed by atoms with van der Waals surface area (Å²) < 4.78 is 0. The minimum Gasteiger partial charge on any atom is -0.388 e. The number of likely N-dealkylation sites (N-methyl/N-ethyl adjacent to an activating group) is 1. The highest BCUT2D eigenvalue weighted by molar-refractivity contribution is 5.91. The normalized spacial score (nSPS) is 24.0. The quantitative estimate of drug-likeness (QED) is 0.759. The third-order valence-electron chi connectivity index (χ3n) is 7.19. The van der Waals surface area contributed by atoms with Crippen molar-refractivity contribution in [3.63, 3.8) is 0 Å². The van der Waals surface area contributed by atoms with E-state index < -0.39 is 0 Å². The van der Waals surface area contributed by atoms with Gasteiger partial charge in [-0.1, -0.05) is 81.8 Å². The number of hydrogen-bond acceptors (Lipinski definition) is 1. The van der Waals surface area contributed by atoms with Crippen LogP contribution in [0, 0.1) is 11.8 Å². The van der Waals surface area contributed by atoms with Gasteiger partial charge in [0.2, 0.25) is 0 Å². The molecular weight excluding hydrogens is 350 g/mol. The highest BCUT2D eigenvalue weighted by atomic mass is 14.8. The van der Waals surface area contributed by atoms with Gasteiger partial charge >= 0.3 is 0 Å². The zero-order valence-corrected chi connectivity index (χ0v) is 18.3. The Bertz CT molecular complexity index is 1190. The van der Waals surface area contributed by atoms with Gasteiger partial charge in [-0.15, -0.1) is 0 Å². The summed E-state index contributed by atoms with van der Waals surface area (Å²) >= 11 is 0. The van der Waals surface area contributed by atoms with Crippen molar-refractivity contribution in [2.75, 3.05) is 7.05 Å². The predicted octanol–water partition coefficient (Wildman–Crippen LogP) is 5.14. The fourth-order valence-corrected chi connectivity index (χ4v) is 5.73. The first-order chi connectivity index (χ1) is 13.9. The van der Waals surface area contributed by atoms with Gasteiger partial charge in [0.05, 0.1) is 0 Å². The summed E-state index contributed by atoms with van der Waals surface area (Å²) in [4.78, 5) is 0. The Morgan fingerprint density at radius 3 is 2.52 bits per heavy atom. The van der Waals surface area contributed by atoms with Crippen LogP contribution in [0.25, 0.3) is 28.3 Å². The second-order valence-corrected chi connectivity index (χ2v) is 9.63. The molecule has 0 aliphatic heterocycles. The van der Waals surface area contributed by atoms with Gasteiger partial charge in [0, 0.05) is 18.2 Å². The zero-order valence-electron chi connectivity index (χ0n) is 18.3. The highest BCUT2D eigenvalue weighted by Crippen LogP contribution is 2.46. The Kier molecular flexibility index (Phi) is 4.13. The van der Waals surface area contributed by atoms with Gasteiger partial charge in [-0.3, -0.25) is 0 Å². The van der Waals surface area contributed by atoms with Crippen molar-refractivity contribution in [1.29, 1.82) is 0 Å². The number of rotatable bonds is 2. The van der Waals surface area contributed by atoms with Gasteiger partial charge in [-0.2, -0.15) is 0 Å². The van der Waals surface area contributed by atoms with E-state index in [4.69, 9.17) is 0 Å².